The van der Waals surface area contributed by atoms with Gasteiger partial charge in [0.1, 0.15) is 12.2 Å². The molecule has 0 heterocycles. The maximum Gasteiger partial charge on any atom is 0.472 e. The van der Waals surface area contributed by atoms with Crippen molar-refractivity contribution in [3.8, 4) is 0 Å². The minimum Gasteiger partial charge on any atom is -0.457 e. The summed E-state index contributed by atoms with van der Waals surface area (Å²) in [5, 5.41) is 18.3. The number of ether oxygens (including phenoxy) is 2. The van der Waals surface area contributed by atoms with Crippen LogP contribution in [0.4, 0.5) is 0 Å². The second-order valence-corrected chi connectivity index (χ2v) is 15.4. The van der Waals surface area contributed by atoms with E-state index in [9.17, 15) is 19.4 Å². The SMILES string of the molecule is CC/C=C\C/C=C\C/C=C\CCCCCCOCC(COP(=O)(O)OCC(O)CO)OC(=O)CCCCCCCCCCCCCCCCCCC. The third-order valence-corrected chi connectivity index (χ3v) is 9.79. The van der Waals surface area contributed by atoms with Gasteiger partial charge >= 0.3 is 13.8 Å². The Morgan fingerprint density at radius 1 is 0.615 bits per heavy atom. The van der Waals surface area contributed by atoms with Crippen molar-refractivity contribution < 1.29 is 43.0 Å². The molecule has 0 saturated heterocycles. The summed E-state index contributed by atoms with van der Waals surface area (Å²) in [5.74, 6) is -0.389. The van der Waals surface area contributed by atoms with E-state index in [2.05, 4.69) is 50.3 Å². The number of hydrogen-bond donors (Lipinski definition) is 3. The molecule has 0 fully saturated rings. The Balaban J connectivity index is 4.19. The van der Waals surface area contributed by atoms with Gasteiger partial charge in [-0.25, -0.2) is 4.57 Å². The van der Waals surface area contributed by atoms with E-state index in [1.165, 1.54) is 89.9 Å². The lowest BCUT2D eigenvalue weighted by molar-refractivity contribution is -0.154. The first-order valence-corrected chi connectivity index (χ1v) is 22.5. The van der Waals surface area contributed by atoms with Gasteiger partial charge in [0, 0.05) is 13.0 Å². The molecule has 9 nitrogen and oxygen atoms in total. The molecule has 3 N–H and O–H groups in total. The number of carbonyl (C=O) groups is 1. The average Bonchev–Trinajstić information content (AvgIpc) is 3.13. The number of aliphatic hydroxyl groups is 2. The van der Waals surface area contributed by atoms with Crippen molar-refractivity contribution in [1.29, 1.82) is 0 Å². The van der Waals surface area contributed by atoms with E-state index >= 15 is 0 Å². The summed E-state index contributed by atoms with van der Waals surface area (Å²) in [7, 11) is -4.52. The highest BCUT2D eigenvalue weighted by atomic mass is 31.2. The van der Waals surface area contributed by atoms with Crippen molar-refractivity contribution in [2.45, 2.75) is 193 Å². The summed E-state index contributed by atoms with van der Waals surface area (Å²) < 4.78 is 33.3. The molecular weight excluding hydrogens is 679 g/mol. The molecule has 0 bridgehead atoms. The monoisotopic (exact) mass is 759 g/mol. The van der Waals surface area contributed by atoms with E-state index in [0.29, 0.717) is 6.61 Å². The molecule has 0 radical (unpaired) electrons. The van der Waals surface area contributed by atoms with Crippen LogP contribution in [-0.2, 0) is 27.9 Å². The van der Waals surface area contributed by atoms with Crippen LogP contribution in [-0.4, -0.2) is 66.3 Å². The number of phosphoric acid groups is 1. The highest BCUT2D eigenvalue weighted by Crippen LogP contribution is 2.43. The fourth-order valence-corrected chi connectivity index (χ4v) is 6.45. The van der Waals surface area contributed by atoms with Crippen molar-refractivity contribution in [1.82, 2.24) is 0 Å². The first kappa shape index (κ1) is 50.7. The summed E-state index contributed by atoms with van der Waals surface area (Å²) in [6, 6.07) is 0. The molecule has 0 aliphatic carbocycles. The molecule has 0 aromatic heterocycles. The summed E-state index contributed by atoms with van der Waals surface area (Å²) >= 11 is 0. The molecule has 0 aromatic carbocycles. The smallest absolute Gasteiger partial charge is 0.457 e. The molecule has 52 heavy (non-hydrogen) atoms. The maximum absolute atomic E-state index is 12.6. The lowest BCUT2D eigenvalue weighted by atomic mass is 10.0. The molecule has 0 aliphatic rings. The Morgan fingerprint density at radius 2 is 1.10 bits per heavy atom. The van der Waals surface area contributed by atoms with Crippen LogP contribution in [0.3, 0.4) is 0 Å². The van der Waals surface area contributed by atoms with Crippen LogP contribution in [0.1, 0.15) is 181 Å². The van der Waals surface area contributed by atoms with Gasteiger partial charge in [0.15, 0.2) is 0 Å². The highest BCUT2D eigenvalue weighted by Gasteiger charge is 2.26. The van der Waals surface area contributed by atoms with Gasteiger partial charge < -0.3 is 24.6 Å². The molecule has 10 heteroatoms. The number of carbonyl (C=O) groups excluding carboxylic acids is 1. The second kappa shape index (κ2) is 39.4. The summed E-state index contributed by atoms with van der Waals surface area (Å²) in [5.41, 5.74) is 0. The van der Waals surface area contributed by atoms with Gasteiger partial charge in [-0.15, -0.1) is 0 Å². The average molecular weight is 759 g/mol. The summed E-state index contributed by atoms with van der Waals surface area (Å²) in [6.07, 6.45) is 41.0. The number of hydrogen-bond acceptors (Lipinski definition) is 8. The zero-order chi connectivity index (χ0) is 38.2. The van der Waals surface area contributed by atoms with Crippen LogP contribution in [0.25, 0.3) is 0 Å². The van der Waals surface area contributed by atoms with Crippen LogP contribution in [0.2, 0.25) is 0 Å². The Morgan fingerprint density at radius 3 is 1.65 bits per heavy atom. The van der Waals surface area contributed by atoms with Crippen LogP contribution in [0, 0.1) is 0 Å². The van der Waals surface area contributed by atoms with Gasteiger partial charge in [0.2, 0.25) is 0 Å². The number of rotatable bonds is 40. The quantitative estimate of drug-likeness (QED) is 0.0242. The summed E-state index contributed by atoms with van der Waals surface area (Å²) in [4.78, 5) is 22.5. The zero-order valence-corrected chi connectivity index (χ0v) is 34.2. The first-order chi connectivity index (χ1) is 25.3. The summed E-state index contributed by atoms with van der Waals surface area (Å²) in [6.45, 7) is 3.36. The van der Waals surface area contributed by atoms with E-state index in [1.54, 1.807) is 0 Å². The Kier molecular flexibility index (Phi) is 38.4. The Labute approximate surface area is 318 Å². The van der Waals surface area contributed by atoms with E-state index < -0.39 is 33.2 Å². The van der Waals surface area contributed by atoms with Gasteiger partial charge in [-0.2, -0.15) is 0 Å². The lowest BCUT2D eigenvalue weighted by Crippen LogP contribution is -2.29. The molecule has 0 rings (SSSR count). The molecule has 0 aromatic rings. The number of aliphatic hydroxyl groups excluding tert-OH is 2. The first-order valence-electron chi connectivity index (χ1n) is 21.0. The molecule has 3 unspecified atom stereocenters. The topological polar surface area (TPSA) is 132 Å². The number of esters is 1. The normalized spacial score (nSPS) is 14.5. The van der Waals surface area contributed by atoms with Gasteiger partial charge in [-0.3, -0.25) is 13.8 Å². The molecule has 0 saturated carbocycles. The van der Waals surface area contributed by atoms with E-state index in [-0.39, 0.29) is 25.6 Å². The Hall–Kier alpha value is -1.32. The van der Waals surface area contributed by atoms with Crippen molar-refractivity contribution >= 4 is 13.8 Å². The van der Waals surface area contributed by atoms with Crippen LogP contribution in [0.15, 0.2) is 36.5 Å². The predicted molar refractivity (Wildman–Crippen MR) is 214 cm³/mol. The second-order valence-electron chi connectivity index (χ2n) is 14.0. The maximum atomic E-state index is 12.6. The van der Waals surface area contributed by atoms with Gasteiger partial charge in [0.25, 0.3) is 0 Å². The van der Waals surface area contributed by atoms with Crippen molar-refractivity contribution in [2.75, 3.05) is 33.0 Å². The van der Waals surface area contributed by atoms with Gasteiger partial charge in [-0.05, 0) is 44.9 Å². The van der Waals surface area contributed by atoms with Crippen LogP contribution >= 0.6 is 7.82 Å². The fourth-order valence-electron chi connectivity index (χ4n) is 5.66. The molecule has 3 atom stereocenters. The van der Waals surface area contributed by atoms with Gasteiger partial charge in [-0.1, -0.05) is 166 Å². The lowest BCUT2D eigenvalue weighted by Gasteiger charge is -2.20. The molecule has 306 valence electrons. The van der Waals surface area contributed by atoms with E-state index in [4.69, 9.17) is 23.6 Å². The number of unbranched alkanes of at least 4 members (excludes halogenated alkanes) is 20. The number of allylic oxidation sites excluding steroid dienone is 6. The standard InChI is InChI=1S/C42H79O9P/c1-3-5-7-9-11-13-15-17-19-20-21-22-24-26-28-30-32-34-42(45)51-41(39-50-52(46,47)49-37-40(44)36-43)38-48-35-33-31-29-27-25-23-18-16-14-12-10-8-6-4-2/h6,8,12,14,18,23,40-41,43-44H,3-5,7,9-11,13,15-17,19-22,24-39H2,1-2H3,(H,46,47)/b8-6-,14-12-,23-18-. The zero-order valence-electron chi connectivity index (χ0n) is 33.3. The molecule has 0 aliphatic heterocycles. The minimum absolute atomic E-state index is 0.0363. The van der Waals surface area contributed by atoms with Crippen LogP contribution < -0.4 is 0 Å². The van der Waals surface area contributed by atoms with Crippen LogP contribution in [0.5, 0.6) is 0 Å². The van der Waals surface area contributed by atoms with E-state index in [0.717, 1.165) is 70.6 Å². The highest BCUT2D eigenvalue weighted by molar-refractivity contribution is 7.47. The Bertz CT molecular complexity index is 908. The molecule has 0 spiro atoms. The largest absolute Gasteiger partial charge is 0.472 e. The minimum atomic E-state index is -4.52. The van der Waals surface area contributed by atoms with Gasteiger partial charge in [0.05, 0.1) is 26.4 Å². The fraction of sp³-hybridized carbons (Fsp3) is 0.833. The molecular formula is C42H79O9P. The predicted octanol–water partition coefficient (Wildman–Crippen LogP) is 11.3. The van der Waals surface area contributed by atoms with Crippen molar-refractivity contribution in [3.63, 3.8) is 0 Å². The molecule has 0 amide bonds. The van der Waals surface area contributed by atoms with E-state index in [1.807, 2.05) is 0 Å². The third kappa shape index (κ3) is 38.4. The van der Waals surface area contributed by atoms with Crippen molar-refractivity contribution in [2.24, 2.45) is 0 Å². The number of phosphoric ester groups is 1. The van der Waals surface area contributed by atoms with Crippen molar-refractivity contribution in [3.05, 3.63) is 36.5 Å². The third-order valence-electron chi connectivity index (χ3n) is 8.84.